The summed E-state index contributed by atoms with van der Waals surface area (Å²) in [7, 11) is 0. The van der Waals surface area contributed by atoms with Gasteiger partial charge in [-0.2, -0.15) is 0 Å². The first kappa shape index (κ1) is 11.2. The Kier molecular flexibility index (Phi) is 3.63. The fourth-order valence-electron chi connectivity index (χ4n) is 1.45. The molecule has 0 aliphatic rings. The summed E-state index contributed by atoms with van der Waals surface area (Å²) in [4.78, 5) is 10.8. The van der Waals surface area contributed by atoms with Crippen molar-refractivity contribution in [3.8, 4) is 0 Å². The number of hydrogen-bond acceptors (Lipinski definition) is 2. The van der Waals surface area contributed by atoms with Crippen molar-refractivity contribution in [2.75, 3.05) is 0 Å². The number of nitrogens with zero attached hydrogens (tertiary/aromatic N) is 1. The Morgan fingerprint density at radius 1 is 1.57 bits per heavy atom. The van der Waals surface area contributed by atoms with Crippen LogP contribution in [0.3, 0.4) is 0 Å². The molecule has 1 atom stereocenters. The quantitative estimate of drug-likeness (QED) is 0.474. The Balaban J connectivity index is 3.14. The van der Waals surface area contributed by atoms with E-state index in [-0.39, 0.29) is 15.4 Å². The van der Waals surface area contributed by atoms with Gasteiger partial charge in [0.25, 0.3) is 5.69 Å². The number of rotatable bonds is 3. The second-order valence-electron chi connectivity index (χ2n) is 3.32. The van der Waals surface area contributed by atoms with Crippen LogP contribution >= 0.6 is 15.9 Å². The van der Waals surface area contributed by atoms with Crippen LogP contribution in [-0.2, 0) is 6.42 Å². The van der Waals surface area contributed by atoms with E-state index in [2.05, 4.69) is 15.9 Å². The van der Waals surface area contributed by atoms with E-state index in [0.717, 1.165) is 11.1 Å². The number of halogens is 1. The monoisotopic (exact) mass is 257 g/mol. The Morgan fingerprint density at radius 2 is 2.21 bits per heavy atom. The number of nitro benzene ring substituents is 1. The van der Waals surface area contributed by atoms with Gasteiger partial charge in [0.2, 0.25) is 0 Å². The standard InChI is InChI=1S/C10H12BrNO2/c1-7-4-3-5-9(6-8(2)11)10(7)12(13)14/h3-5,8H,6H2,1-2H3. The smallest absolute Gasteiger partial charge is 0.258 e. The molecule has 1 unspecified atom stereocenters. The Hall–Kier alpha value is -0.900. The van der Waals surface area contributed by atoms with Crippen LogP contribution in [-0.4, -0.2) is 9.75 Å². The third kappa shape index (κ3) is 2.54. The summed E-state index contributed by atoms with van der Waals surface area (Å²) >= 11 is 3.40. The normalized spacial score (nSPS) is 12.5. The van der Waals surface area contributed by atoms with Crippen LogP contribution in [0.1, 0.15) is 18.1 Å². The van der Waals surface area contributed by atoms with Crippen LogP contribution in [0.25, 0.3) is 0 Å². The summed E-state index contributed by atoms with van der Waals surface area (Å²) in [6, 6.07) is 5.43. The average molecular weight is 258 g/mol. The Morgan fingerprint density at radius 3 is 2.71 bits per heavy atom. The molecule has 0 fully saturated rings. The minimum absolute atomic E-state index is 0.249. The van der Waals surface area contributed by atoms with Crippen molar-refractivity contribution in [2.45, 2.75) is 25.1 Å². The van der Waals surface area contributed by atoms with Gasteiger partial charge in [-0.1, -0.05) is 41.1 Å². The van der Waals surface area contributed by atoms with Gasteiger partial charge in [-0.3, -0.25) is 10.1 Å². The average Bonchev–Trinajstić information content (AvgIpc) is 2.01. The lowest BCUT2D eigenvalue weighted by molar-refractivity contribution is -0.386. The summed E-state index contributed by atoms with van der Waals surface area (Å²) < 4.78 is 0. The zero-order chi connectivity index (χ0) is 10.7. The molecule has 14 heavy (non-hydrogen) atoms. The van der Waals surface area contributed by atoms with Crippen molar-refractivity contribution in [3.63, 3.8) is 0 Å². The fourth-order valence-corrected chi connectivity index (χ4v) is 1.80. The topological polar surface area (TPSA) is 43.1 Å². The molecule has 76 valence electrons. The lowest BCUT2D eigenvalue weighted by Crippen LogP contribution is -2.02. The van der Waals surface area contributed by atoms with Crippen LogP contribution in [0.5, 0.6) is 0 Å². The zero-order valence-corrected chi connectivity index (χ0v) is 9.74. The van der Waals surface area contributed by atoms with Gasteiger partial charge in [-0.15, -0.1) is 0 Å². The van der Waals surface area contributed by atoms with E-state index in [9.17, 15) is 10.1 Å². The van der Waals surface area contributed by atoms with Crippen LogP contribution in [0.4, 0.5) is 5.69 Å². The van der Waals surface area contributed by atoms with Gasteiger partial charge in [-0.05, 0) is 13.3 Å². The molecular formula is C10H12BrNO2. The van der Waals surface area contributed by atoms with Gasteiger partial charge in [0.15, 0.2) is 0 Å². The molecule has 1 aromatic rings. The summed E-state index contributed by atoms with van der Waals surface area (Å²) in [6.45, 7) is 3.74. The maximum absolute atomic E-state index is 10.8. The molecule has 0 saturated carbocycles. The van der Waals surface area contributed by atoms with Gasteiger partial charge >= 0.3 is 0 Å². The van der Waals surface area contributed by atoms with Crippen molar-refractivity contribution in [3.05, 3.63) is 39.4 Å². The molecule has 1 aromatic carbocycles. The molecule has 4 heteroatoms. The SMILES string of the molecule is Cc1cccc(CC(C)Br)c1[N+](=O)[O-]. The Bertz CT molecular complexity index is 350. The van der Waals surface area contributed by atoms with Crippen LogP contribution in [0, 0.1) is 17.0 Å². The predicted molar refractivity (Wildman–Crippen MR) is 59.9 cm³/mol. The molecule has 0 aliphatic heterocycles. The van der Waals surface area contributed by atoms with Crippen molar-refractivity contribution >= 4 is 21.6 Å². The van der Waals surface area contributed by atoms with Gasteiger partial charge < -0.3 is 0 Å². The molecule has 0 aromatic heterocycles. The van der Waals surface area contributed by atoms with Crippen molar-refractivity contribution in [1.82, 2.24) is 0 Å². The third-order valence-electron chi connectivity index (χ3n) is 2.01. The highest BCUT2D eigenvalue weighted by Gasteiger charge is 2.17. The number of alkyl halides is 1. The molecule has 0 saturated heterocycles. The van der Waals surface area contributed by atoms with E-state index in [1.54, 1.807) is 13.0 Å². The lowest BCUT2D eigenvalue weighted by atomic mass is 10.0. The van der Waals surface area contributed by atoms with Crippen LogP contribution < -0.4 is 0 Å². The number of para-hydroxylation sites is 1. The highest BCUT2D eigenvalue weighted by atomic mass is 79.9. The predicted octanol–water partition coefficient (Wildman–Crippen LogP) is 3.23. The summed E-state index contributed by atoms with van der Waals surface area (Å²) in [5.41, 5.74) is 1.76. The molecule has 3 nitrogen and oxygen atoms in total. The number of benzene rings is 1. The first-order valence-corrected chi connectivity index (χ1v) is 5.31. The summed E-state index contributed by atoms with van der Waals surface area (Å²) in [5.74, 6) is 0. The minimum Gasteiger partial charge on any atom is -0.258 e. The minimum atomic E-state index is -0.306. The van der Waals surface area contributed by atoms with Gasteiger partial charge in [0.1, 0.15) is 0 Å². The first-order chi connectivity index (χ1) is 6.52. The third-order valence-corrected chi connectivity index (χ3v) is 2.33. The fraction of sp³-hybridized carbons (Fsp3) is 0.400. The molecule has 0 amide bonds. The second kappa shape index (κ2) is 4.55. The lowest BCUT2D eigenvalue weighted by Gasteiger charge is -2.06. The number of hydrogen-bond donors (Lipinski definition) is 0. The van der Waals surface area contributed by atoms with Crippen LogP contribution in [0.2, 0.25) is 0 Å². The zero-order valence-electron chi connectivity index (χ0n) is 8.16. The van der Waals surface area contributed by atoms with Crippen molar-refractivity contribution in [1.29, 1.82) is 0 Å². The molecule has 0 bridgehead atoms. The highest BCUT2D eigenvalue weighted by molar-refractivity contribution is 9.09. The first-order valence-electron chi connectivity index (χ1n) is 4.39. The molecule has 0 heterocycles. The van der Waals surface area contributed by atoms with E-state index in [0.29, 0.717) is 6.42 Å². The van der Waals surface area contributed by atoms with Gasteiger partial charge in [0, 0.05) is 16.0 Å². The molecule has 1 rings (SSSR count). The molecule has 0 radical (unpaired) electrons. The molecule has 0 aliphatic carbocycles. The number of aryl methyl sites for hydroxylation is 1. The molecule has 0 N–H and O–H groups in total. The van der Waals surface area contributed by atoms with E-state index >= 15 is 0 Å². The van der Waals surface area contributed by atoms with E-state index in [4.69, 9.17) is 0 Å². The second-order valence-corrected chi connectivity index (χ2v) is 4.89. The van der Waals surface area contributed by atoms with E-state index in [1.807, 2.05) is 19.1 Å². The molecular weight excluding hydrogens is 246 g/mol. The van der Waals surface area contributed by atoms with Gasteiger partial charge in [-0.25, -0.2) is 0 Å². The van der Waals surface area contributed by atoms with E-state index in [1.165, 1.54) is 0 Å². The maximum Gasteiger partial charge on any atom is 0.275 e. The Labute approximate surface area is 91.4 Å². The largest absolute Gasteiger partial charge is 0.275 e. The van der Waals surface area contributed by atoms with E-state index < -0.39 is 0 Å². The summed E-state index contributed by atoms with van der Waals surface area (Å²) in [5, 5.41) is 10.8. The van der Waals surface area contributed by atoms with Crippen molar-refractivity contribution < 1.29 is 4.92 Å². The van der Waals surface area contributed by atoms with Crippen LogP contribution in [0.15, 0.2) is 18.2 Å². The maximum atomic E-state index is 10.8. The summed E-state index contributed by atoms with van der Waals surface area (Å²) in [6.07, 6.45) is 0.679. The molecule has 0 spiro atoms. The number of nitro groups is 1. The van der Waals surface area contributed by atoms with Crippen molar-refractivity contribution in [2.24, 2.45) is 0 Å². The highest BCUT2D eigenvalue weighted by Crippen LogP contribution is 2.25. The van der Waals surface area contributed by atoms with Gasteiger partial charge in [0.05, 0.1) is 4.92 Å².